The van der Waals surface area contributed by atoms with Crippen molar-refractivity contribution in [1.29, 1.82) is 0 Å². The highest BCUT2D eigenvalue weighted by Crippen LogP contribution is 2.24. The second kappa shape index (κ2) is 9.27. The molecule has 2 aromatic carbocycles. The summed E-state index contributed by atoms with van der Waals surface area (Å²) in [6.07, 6.45) is 0.829. The maximum Gasteiger partial charge on any atom is 0.335 e. The van der Waals surface area contributed by atoms with Crippen molar-refractivity contribution in [1.82, 2.24) is 14.8 Å². The molecule has 0 aliphatic rings. The monoisotopic (exact) mass is 399 g/mol. The molecule has 8 heteroatoms. The Balaban J connectivity index is 1.47. The lowest BCUT2D eigenvalue weighted by Crippen LogP contribution is -2.01. The molecule has 0 bridgehead atoms. The van der Waals surface area contributed by atoms with E-state index in [9.17, 15) is 4.79 Å². The van der Waals surface area contributed by atoms with Crippen LogP contribution in [-0.4, -0.2) is 45.3 Å². The van der Waals surface area contributed by atoms with Gasteiger partial charge in [-0.05, 0) is 55.0 Å². The Bertz CT molecular complexity index is 924. The number of carboxylic acid groups (broad SMARTS) is 1. The average Bonchev–Trinajstić information content (AvgIpc) is 3.08. The lowest BCUT2D eigenvalue weighted by molar-refractivity contribution is 0.0697. The molecule has 3 rings (SSSR count). The maximum absolute atomic E-state index is 10.8. The standard InChI is InChI=1S/C20H21N3O4S/c1-23-18(14-4-8-16(26-2)9-5-14)21-22-20(23)28-13-3-12-27-17-10-6-15(7-11-17)19(24)25/h4-11H,3,12-13H2,1-2H3,(H,24,25). The molecule has 0 amide bonds. The molecule has 7 nitrogen and oxygen atoms in total. The van der Waals surface area contributed by atoms with Crippen LogP contribution in [0, 0.1) is 0 Å². The van der Waals surface area contributed by atoms with Crippen LogP contribution in [0.2, 0.25) is 0 Å². The van der Waals surface area contributed by atoms with Gasteiger partial charge < -0.3 is 19.1 Å². The number of carbonyl (C=O) groups is 1. The van der Waals surface area contributed by atoms with E-state index in [1.54, 1.807) is 31.0 Å². The number of benzene rings is 2. The fraction of sp³-hybridized carbons (Fsp3) is 0.250. The van der Waals surface area contributed by atoms with Gasteiger partial charge >= 0.3 is 5.97 Å². The van der Waals surface area contributed by atoms with Gasteiger partial charge in [0.15, 0.2) is 11.0 Å². The van der Waals surface area contributed by atoms with E-state index in [1.807, 2.05) is 35.9 Å². The first-order valence-corrected chi connectivity index (χ1v) is 9.70. The number of aromatic nitrogens is 3. The van der Waals surface area contributed by atoms with Crippen molar-refractivity contribution >= 4 is 17.7 Å². The minimum atomic E-state index is -0.944. The second-order valence-electron chi connectivity index (χ2n) is 5.97. The minimum absolute atomic E-state index is 0.248. The van der Waals surface area contributed by atoms with Crippen molar-refractivity contribution in [2.24, 2.45) is 7.05 Å². The molecule has 3 aromatic rings. The van der Waals surface area contributed by atoms with Gasteiger partial charge in [0.2, 0.25) is 0 Å². The molecule has 1 N–H and O–H groups in total. The summed E-state index contributed by atoms with van der Waals surface area (Å²) in [5.74, 6) is 2.16. The predicted molar refractivity (Wildman–Crippen MR) is 107 cm³/mol. The van der Waals surface area contributed by atoms with Gasteiger partial charge in [-0.2, -0.15) is 0 Å². The molecule has 0 spiro atoms. The number of thioether (sulfide) groups is 1. The third-order valence-corrected chi connectivity index (χ3v) is 5.18. The zero-order chi connectivity index (χ0) is 19.9. The number of carboxylic acids is 1. The predicted octanol–water partition coefficient (Wildman–Crippen LogP) is 3.75. The van der Waals surface area contributed by atoms with Gasteiger partial charge in [-0.1, -0.05) is 11.8 Å². The molecule has 1 aromatic heterocycles. The Morgan fingerprint density at radius 3 is 2.39 bits per heavy atom. The summed E-state index contributed by atoms with van der Waals surface area (Å²) in [4.78, 5) is 10.8. The summed E-state index contributed by atoms with van der Waals surface area (Å²) in [5.41, 5.74) is 1.23. The highest BCUT2D eigenvalue weighted by atomic mass is 32.2. The van der Waals surface area contributed by atoms with Crippen molar-refractivity contribution in [3.8, 4) is 22.9 Å². The number of methoxy groups -OCH3 is 1. The lowest BCUT2D eigenvalue weighted by atomic mass is 10.2. The van der Waals surface area contributed by atoms with Crippen LogP contribution in [0.25, 0.3) is 11.4 Å². The largest absolute Gasteiger partial charge is 0.497 e. The molecule has 0 saturated heterocycles. The van der Waals surface area contributed by atoms with Gasteiger partial charge in [-0.15, -0.1) is 10.2 Å². The van der Waals surface area contributed by atoms with E-state index >= 15 is 0 Å². The third kappa shape index (κ3) is 4.83. The van der Waals surface area contributed by atoms with Gasteiger partial charge in [-0.25, -0.2) is 4.79 Å². The Labute approximate surface area is 167 Å². The molecule has 146 valence electrons. The SMILES string of the molecule is COc1ccc(-c2nnc(SCCCOc3ccc(C(=O)O)cc3)n2C)cc1. The first-order valence-electron chi connectivity index (χ1n) is 8.71. The number of ether oxygens (including phenoxy) is 2. The average molecular weight is 399 g/mol. The zero-order valence-electron chi connectivity index (χ0n) is 15.7. The quantitative estimate of drug-likeness (QED) is 0.433. The molecule has 28 heavy (non-hydrogen) atoms. The normalized spacial score (nSPS) is 10.6. The lowest BCUT2D eigenvalue weighted by Gasteiger charge is -2.07. The van der Waals surface area contributed by atoms with Gasteiger partial charge in [0.1, 0.15) is 11.5 Å². The van der Waals surface area contributed by atoms with Crippen LogP contribution < -0.4 is 9.47 Å². The molecular weight excluding hydrogens is 378 g/mol. The molecule has 0 unspecified atom stereocenters. The highest BCUT2D eigenvalue weighted by molar-refractivity contribution is 7.99. The van der Waals surface area contributed by atoms with Crippen molar-refractivity contribution in [3.05, 3.63) is 54.1 Å². The van der Waals surface area contributed by atoms with E-state index in [0.717, 1.165) is 34.5 Å². The van der Waals surface area contributed by atoms with Crippen LogP contribution in [0.4, 0.5) is 0 Å². The molecular formula is C20H21N3O4S. The number of nitrogens with zero attached hydrogens (tertiary/aromatic N) is 3. The summed E-state index contributed by atoms with van der Waals surface area (Å²) >= 11 is 1.62. The summed E-state index contributed by atoms with van der Waals surface area (Å²) in [7, 11) is 3.59. The number of hydrogen-bond donors (Lipinski definition) is 1. The first kappa shape index (κ1) is 19.8. The van der Waals surface area contributed by atoms with Crippen molar-refractivity contribution in [2.45, 2.75) is 11.6 Å². The molecule has 0 aliphatic carbocycles. The van der Waals surface area contributed by atoms with Crippen LogP contribution >= 0.6 is 11.8 Å². The first-order chi connectivity index (χ1) is 13.6. The van der Waals surface area contributed by atoms with Gasteiger partial charge in [0.25, 0.3) is 0 Å². The topological polar surface area (TPSA) is 86.5 Å². The molecule has 0 radical (unpaired) electrons. The van der Waals surface area contributed by atoms with Gasteiger partial charge in [0.05, 0.1) is 19.3 Å². The highest BCUT2D eigenvalue weighted by Gasteiger charge is 2.11. The van der Waals surface area contributed by atoms with Gasteiger partial charge in [-0.3, -0.25) is 0 Å². The summed E-state index contributed by atoms with van der Waals surface area (Å²) in [6.45, 7) is 0.544. The van der Waals surface area contributed by atoms with E-state index in [-0.39, 0.29) is 5.56 Å². The Hall–Kier alpha value is -3.00. The summed E-state index contributed by atoms with van der Waals surface area (Å²) < 4.78 is 12.8. The van der Waals surface area contributed by atoms with Crippen LogP contribution in [-0.2, 0) is 7.05 Å². The van der Waals surface area contributed by atoms with Crippen LogP contribution in [0.3, 0.4) is 0 Å². The van der Waals surface area contributed by atoms with Crippen molar-refractivity contribution in [3.63, 3.8) is 0 Å². The van der Waals surface area contributed by atoms with Crippen LogP contribution in [0.5, 0.6) is 11.5 Å². The number of rotatable bonds is 9. The van der Waals surface area contributed by atoms with E-state index in [1.165, 1.54) is 12.1 Å². The molecule has 1 heterocycles. The Kier molecular flexibility index (Phi) is 6.54. The van der Waals surface area contributed by atoms with Crippen molar-refractivity contribution in [2.75, 3.05) is 19.5 Å². The fourth-order valence-corrected chi connectivity index (χ4v) is 3.36. The number of aromatic carboxylic acids is 1. The van der Waals surface area contributed by atoms with E-state index in [2.05, 4.69) is 10.2 Å². The summed E-state index contributed by atoms with van der Waals surface area (Å²) in [6, 6.07) is 14.1. The third-order valence-electron chi connectivity index (χ3n) is 4.07. The molecule has 0 aliphatic heterocycles. The van der Waals surface area contributed by atoms with E-state index < -0.39 is 5.97 Å². The summed E-state index contributed by atoms with van der Waals surface area (Å²) in [5, 5.41) is 18.3. The Morgan fingerprint density at radius 1 is 1.07 bits per heavy atom. The number of hydrogen-bond acceptors (Lipinski definition) is 6. The van der Waals surface area contributed by atoms with E-state index in [4.69, 9.17) is 14.6 Å². The molecule has 0 atom stereocenters. The zero-order valence-corrected chi connectivity index (χ0v) is 16.5. The smallest absolute Gasteiger partial charge is 0.335 e. The second-order valence-corrected chi connectivity index (χ2v) is 7.04. The van der Waals surface area contributed by atoms with Crippen LogP contribution in [0.15, 0.2) is 53.7 Å². The van der Waals surface area contributed by atoms with Crippen LogP contribution in [0.1, 0.15) is 16.8 Å². The molecule has 0 saturated carbocycles. The fourth-order valence-electron chi connectivity index (χ4n) is 2.54. The minimum Gasteiger partial charge on any atom is -0.497 e. The van der Waals surface area contributed by atoms with Crippen molar-refractivity contribution < 1.29 is 19.4 Å². The molecule has 0 fully saturated rings. The van der Waals surface area contributed by atoms with E-state index in [0.29, 0.717) is 12.4 Å². The Morgan fingerprint density at radius 2 is 1.75 bits per heavy atom. The van der Waals surface area contributed by atoms with Gasteiger partial charge in [0, 0.05) is 18.4 Å². The maximum atomic E-state index is 10.8.